The second-order valence-electron chi connectivity index (χ2n) is 16.0. The molecule has 2 atom stereocenters. The van der Waals surface area contributed by atoms with Crippen molar-refractivity contribution >= 4 is 40.6 Å². The molecule has 0 saturated heterocycles. The highest BCUT2D eigenvalue weighted by Crippen LogP contribution is 2.44. The van der Waals surface area contributed by atoms with Gasteiger partial charge in [-0.25, -0.2) is 9.59 Å². The van der Waals surface area contributed by atoms with Crippen molar-refractivity contribution in [2.24, 2.45) is 5.92 Å². The Labute approximate surface area is 327 Å². The lowest BCUT2D eigenvalue weighted by Crippen LogP contribution is -2.53. The molecular formula is C44H53N5O7. The number of rotatable bonds is 13. The minimum absolute atomic E-state index is 0.101. The Hall–Kier alpha value is -5.65. The standard InChI is InChI=1S/C44H53N5O7/c1-27-23-39(50)47-37-25-29(20-21-30(27)37)46-40(51)36(19-12-22-45-42(53)56-44(2,3)4)48-41(52)38(24-28-13-6-5-7-14-28)49-43(54)55-26-35-33-17-10-8-15-31(33)32-16-9-11-18-34(32)35/h8-11,15-18,20-21,23,25,28,35-36,38H,5-7,12-14,19,22,24,26H2,1-4H3,(H,45,53)(H,46,51)(H,47,50)(H,48,52)(H,49,54). The molecule has 6 rings (SSSR count). The Bertz CT molecular complexity index is 2070. The first kappa shape index (κ1) is 40.0. The molecule has 5 N–H and O–H groups in total. The van der Waals surface area contributed by atoms with Gasteiger partial charge in [0, 0.05) is 29.6 Å². The third kappa shape index (κ3) is 10.3. The van der Waals surface area contributed by atoms with Gasteiger partial charge >= 0.3 is 12.2 Å². The van der Waals surface area contributed by atoms with Gasteiger partial charge in [-0.3, -0.25) is 14.4 Å². The molecule has 1 heterocycles. The number of alkyl carbamates (subject to hydrolysis) is 2. The fraction of sp³-hybridized carbons (Fsp3) is 0.432. The van der Waals surface area contributed by atoms with E-state index in [1.54, 1.807) is 32.9 Å². The van der Waals surface area contributed by atoms with Crippen LogP contribution in [-0.2, 0) is 19.1 Å². The van der Waals surface area contributed by atoms with Crippen LogP contribution in [0.5, 0.6) is 0 Å². The lowest BCUT2D eigenvalue weighted by molar-refractivity contribution is -0.128. The number of aromatic nitrogens is 1. The van der Waals surface area contributed by atoms with Crippen LogP contribution in [-0.4, -0.2) is 59.8 Å². The molecule has 2 unspecified atom stereocenters. The molecule has 12 heteroatoms. The molecule has 4 amide bonds. The van der Waals surface area contributed by atoms with Crippen molar-refractivity contribution in [3.05, 3.63) is 99.8 Å². The number of carbonyl (C=O) groups is 4. The predicted octanol–water partition coefficient (Wildman–Crippen LogP) is 7.44. The summed E-state index contributed by atoms with van der Waals surface area (Å²) in [4.78, 5) is 68.8. The van der Waals surface area contributed by atoms with Crippen molar-refractivity contribution in [1.29, 1.82) is 0 Å². The van der Waals surface area contributed by atoms with Gasteiger partial charge in [0.15, 0.2) is 0 Å². The summed E-state index contributed by atoms with van der Waals surface area (Å²) in [5, 5.41) is 12.2. The summed E-state index contributed by atoms with van der Waals surface area (Å²) in [6.45, 7) is 7.46. The molecule has 1 saturated carbocycles. The molecule has 0 spiro atoms. The molecule has 1 fully saturated rings. The molecule has 2 aliphatic carbocycles. The number of pyridine rings is 1. The molecule has 296 valence electrons. The van der Waals surface area contributed by atoms with Crippen LogP contribution in [0.1, 0.15) is 94.7 Å². The monoisotopic (exact) mass is 763 g/mol. The van der Waals surface area contributed by atoms with Gasteiger partial charge in [-0.15, -0.1) is 0 Å². The zero-order chi connectivity index (χ0) is 39.8. The zero-order valence-electron chi connectivity index (χ0n) is 32.7. The molecule has 0 radical (unpaired) electrons. The van der Waals surface area contributed by atoms with Gasteiger partial charge in [-0.2, -0.15) is 0 Å². The fourth-order valence-corrected chi connectivity index (χ4v) is 7.86. The summed E-state index contributed by atoms with van der Waals surface area (Å²) in [7, 11) is 0. The number of aromatic amines is 1. The zero-order valence-corrected chi connectivity index (χ0v) is 32.7. The summed E-state index contributed by atoms with van der Waals surface area (Å²) in [5.41, 5.74) is 5.28. The fourth-order valence-electron chi connectivity index (χ4n) is 7.86. The van der Waals surface area contributed by atoms with Crippen molar-refractivity contribution in [2.45, 2.75) is 103 Å². The number of fused-ring (bicyclic) bond motifs is 4. The van der Waals surface area contributed by atoms with E-state index in [1.165, 1.54) is 6.07 Å². The minimum atomic E-state index is -1.02. The van der Waals surface area contributed by atoms with Gasteiger partial charge in [-0.05, 0) is 92.8 Å². The van der Waals surface area contributed by atoms with E-state index in [0.717, 1.165) is 65.3 Å². The molecular weight excluding hydrogens is 711 g/mol. The summed E-state index contributed by atoms with van der Waals surface area (Å²) >= 11 is 0. The third-order valence-corrected chi connectivity index (χ3v) is 10.5. The maximum Gasteiger partial charge on any atom is 0.407 e. The number of anilines is 1. The van der Waals surface area contributed by atoms with Crippen molar-refractivity contribution in [2.75, 3.05) is 18.5 Å². The van der Waals surface area contributed by atoms with E-state index < -0.39 is 41.7 Å². The van der Waals surface area contributed by atoms with Gasteiger partial charge < -0.3 is 35.7 Å². The van der Waals surface area contributed by atoms with Crippen LogP contribution >= 0.6 is 0 Å². The molecule has 12 nitrogen and oxygen atoms in total. The second kappa shape index (κ2) is 17.9. The number of aryl methyl sites for hydroxylation is 1. The van der Waals surface area contributed by atoms with Crippen molar-refractivity contribution in [3.8, 4) is 11.1 Å². The van der Waals surface area contributed by atoms with Gasteiger partial charge in [0.2, 0.25) is 17.4 Å². The highest BCUT2D eigenvalue weighted by Gasteiger charge is 2.32. The number of H-pyrrole nitrogens is 1. The number of carbonyl (C=O) groups excluding carboxylic acids is 4. The number of nitrogens with one attached hydrogen (secondary N) is 5. The second-order valence-corrected chi connectivity index (χ2v) is 16.0. The molecule has 1 aromatic heterocycles. The Morgan fingerprint density at radius 3 is 2.18 bits per heavy atom. The molecule has 56 heavy (non-hydrogen) atoms. The van der Waals surface area contributed by atoms with Crippen molar-refractivity contribution in [1.82, 2.24) is 20.9 Å². The maximum absolute atomic E-state index is 14.2. The van der Waals surface area contributed by atoms with E-state index in [-0.39, 0.29) is 37.0 Å². The van der Waals surface area contributed by atoms with Gasteiger partial charge in [0.05, 0.1) is 5.52 Å². The maximum atomic E-state index is 14.2. The van der Waals surface area contributed by atoms with Crippen molar-refractivity contribution in [3.63, 3.8) is 0 Å². The number of ether oxygens (including phenoxy) is 2. The van der Waals surface area contributed by atoms with E-state index in [9.17, 15) is 24.0 Å². The average Bonchev–Trinajstić information content (AvgIpc) is 3.47. The van der Waals surface area contributed by atoms with E-state index >= 15 is 0 Å². The van der Waals surface area contributed by atoms with Gasteiger partial charge in [0.25, 0.3) is 0 Å². The first-order valence-corrected chi connectivity index (χ1v) is 19.7. The lowest BCUT2D eigenvalue weighted by Gasteiger charge is -2.28. The Balaban J connectivity index is 1.16. The molecule has 3 aromatic carbocycles. The first-order chi connectivity index (χ1) is 26.8. The van der Waals surface area contributed by atoms with Crippen LogP contribution in [0.2, 0.25) is 0 Å². The summed E-state index contributed by atoms with van der Waals surface area (Å²) < 4.78 is 11.2. The topological polar surface area (TPSA) is 168 Å². The van der Waals surface area contributed by atoms with E-state index in [4.69, 9.17) is 9.47 Å². The number of benzene rings is 3. The summed E-state index contributed by atoms with van der Waals surface area (Å²) in [6, 6.07) is 21.0. The van der Waals surface area contributed by atoms with E-state index in [1.807, 2.05) is 49.4 Å². The highest BCUT2D eigenvalue weighted by atomic mass is 16.6. The SMILES string of the molecule is Cc1cc(=O)[nH]c2cc(NC(=O)C(CCCNC(=O)OC(C)(C)C)NC(=O)C(CC3CCCCC3)NC(=O)OCC3c4ccccc4-c4ccccc43)ccc12. The average molecular weight is 764 g/mol. The number of hydrogen-bond donors (Lipinski definition) is 5. The summed E-state index contributed by atoms with van der Waals surface area (Å²) in [5.74, 6) is -0.898. The van der Waals surface area contributed by atoms with Crippen LogP contribution in [0.25, 0.3) is 22.0 Å². The molecule has 0 bridgehead atoms. The van der Waals surface area contributed by atoms with Crippen LogP contribution in [0, 0.1) is 12.8 Å². The summed E-state index contributed by atoms with van der Waals surface area (Å²) in [6.07, 6.45) is 4.77. The number of amides is 4. The quantitative estimate of drug-likeness (QED) is 0.0883. The largest absolute Gasteiger partial charge is 0.449 e. The Kier molecular flexibility index (Phi) is 12.8. The smallest absolute Gasteiger partial charge is 0.407 e. The van der Waals surface area contributed by atoms with E-state index in [2.05, 4.69) is 38.4 Å². The molecule has 0 aliphatic heterocycles. The normalized spacial score (nSPS) is 15.2. The van der Waals surface area contributed by atoms with Crippen molar-refractivity contribution < 1.29 is 28.7 Å². The lowest BCUT2D eigenvalue weighted by atomic mass is 9.84. The van der Waals surface area contributed by atoms with Crippen LogP contribution in [0.15, 0.2) is 77.6 Å². The Morgan fingerprint density at radius 2 is 1.50 bits per heavy atom. The minimum Gasteiger partial charge on any atom is -0.449 e. The molecule has 2 aliphatic rings. The first-order valence-electron chi connectivity index (χ1n) is 19.7. The van der Waals surface area contributed by atoms with Gasteiger partial charge in [0.1, 0.15) is 24.3 Å². The van der Waals surface area contributed by atoms with Gasteiger partial charge in [-0.1, -0.05) is 86.7 Å². The molecule has 4 aromatic rings. The van der Waals surface area contributed by atoms with Crippen LogP contribution in [0.3, 0.4) is 0 Å². The third-order valence-electron chi connectivity index (χ3n) is 10.5. The van der Waals surface area contributed by atoms with Crippen LogP contribution in [0.4, 0.5) is 15.3 Å². The predicted molar refractivity (Wildman–Crippen MR) is 217 cm³/mol. The van der Waals surface area contributed by atoms with Crippen LogP contribution < -0.4 is 26.8 Å². The Morgan fingerprint density at radius 1 is 0.821 bits per heavy atom. The number of hydrogen-bond acceptors (Lipinski definition) is 7. The highest BCUT2D eigenvalue weighted by molar-refractivity contribution is 5.99. The van der Waals surface area contributed by atoms with E-state index in [0.29, 0.717) is 24.0 Å².